The number of carbonyl (C=O) groups excluding carboxylic acids is 2. The van der Waals surface area contributed by atoms with Gasteiger partial charge in [0.05, 0.1) is 23.5 Å². The van der Waals surface area contributed by atoms with Crippen LogP contribution in [0.15, 0.2) is 91.0 Å². The zero-order chi connectivity index (χ0) is 36.1. The summed E-state index contributed by atoms with van der Waals surface area (Å²) in [6.07, 6.45) is 4.62. The molecule has 1 aliphatic rings. The Morgan fingerprint density at radius 3 is 2.47 bits per heavy atom. The molecule has 0 saturated carbocycles. The van der Waals surface area contributed by atoms with Crippen molar-refractivity contribution in [3.05, 3.63) is 108 Å². The fourth-order valence-corrected chi connectivity index (χ4v) is 6.94. The molecule has 5 aromatic rings. The van der Waals surface area contributed by atoms with E-state index in [0.717, 1.165) is 64.6 Å². The van der Waals surface area contributed by atoms with Crippen LogP contribution in [0.3, 0.4) is 0 Å². The Bertz CT molecular complexity index is 1990. The first kappa shape index (κ1) is 35.7. The maximum absolute atomic E-state index is 13.1. The number of ether oxygens (including phenoxy) is 1. The van der Waals surface area contributed by atoms with Gasteiger partial charge in [-0.15, -0.1) is 0 Å². The summed E-state index contributed by atoms with van der Waals surface area (Å²) >= 11 is 0. The van der Waals surface area contributed by atoms with E-state index < -0.39 is 18.0 Å². The summed E-state index contributed by atoms with van der Waals surface area (Å²) < 4.78 is 8.62. The first-order valence-electron chi connectivity index (χ1n) is 18.0. The lowest BCUT2D eigenvalue weighted by Gasteiger charge is -2.32. The fourth-order valence-electron chi connectivity index (χ4n) is 6.94. The normalized spacial score (nSPS) is 15.7. The molecular formula is C42H50N6O3. The quantitative estimate of drug-likeness (QED) is 0.129. The lowest BCUT2D eigenvalue weighted by atomic mass is 9.87. The van der Waals surface area contributed by atoms with Gasteiger partial charge in [0.1, 0.15) is 17.3 Å². The second kappa shape index (κ2) is 15.4. The number of para-hydroxylation sites is 1. The Kier molecular flexibility index (Phi) is 10.8. The minimum Gasteiger partial charge on any atom is -0.457 e. The van der Waals surface area contributed by atoms with E-state index in [1.807, 2.05) is 79.7 Å². The molecule has 2 heterocycles. The highest BCUT2D eigenvalue weighted by molar-refractivity contribution is 5.91. The number of nitrogens with zero attached hydrogens (tertiary/aromatic N) is 3. The van der Waals surface area contributed by atoms with Crippen molar-refractivity contribution in [2.24, 2.45) is 5.73 Å². The van der Waals surface area contributed by atoms with Gasteiger partial charge in [-0.1, -0.05) is 75.7 Å². The van der Waals surface area contributed by atoms with Crippen LogP contribution in [0.1, 0.15) is 75.6 Å². The van der Waals surface area contributed by atoms with E-state index in [-0.39, 0.29) is 11.8 Å². The molecule has 266 valence electrons. The smallest absolute Gasteiger partial charge is 0.319 e. The van der Waals surface area contributed by atoms with Crippen LogP contribution in [0.2, 0.25) is 0 Å². The number of nitrogens with one attached hydrogen (secondary N) is 2. The summed E-state index contributed by atoms with van der Waals surface area (Å²) in [5.74, 6) is 1.83. The van der Waals surface area contributed by atoms with E-state index in [1.54, 1.807) is 0 Å². The molecular weight excluding hydrogens is 637 g/mol. The molecule has 0 bridgehead atoms. The zero-order valence-corrected chi connectivity index (χ0v) is 30.4. The van der Waals surface area contributed by atoms with Crippen LogP contribution < -0.4 is 21.1 Å². The molecule has 9 heteroatoms. The van der Waals surface area contributed by atoms with Gasteiger partial charge in [-0.2, -0.15) is 0 Å². The van der Waals surface area contributed by atoms with Crippen LogP contribution >= 0.6 is 0 Å². The van der Waals surface area contributed by atoms with Crippen molar-refractivity contribution in [3.63, 3.8) is 0 Å². The maximum Gasteiger partial charge on any atom is 0.319 e. The SMILES string of the molecule is Cc1ccccc1NC(=O)NC(CC(N)=O)c1ccc2c(c1)nc(-c1cccc(Oc3ccc(C(C)(C)C)cc3)c1)n2CCC1CCCCN1C. The molecule has 9 nitrogen and oxygen atoms in total. The number of carbonyl (C=O) groups is 2. The monoisotopic (exact) mass is 686 g/mol. The number of nitrogens with two attached hydrogens (primary N) is 1. The van der Waals surface area contributed by atoms with Crippen molar-refractivity contribution in [1.82, 2.24) is 19.8 Å². The van der Waals surface area contributed by atoms with Gasteiger partial charge in [0, 0.05) is 23.8 Å². The van der Waals surface area contributed by atoms with Crippen LogP contribution in [-0.2, 0) is 16.8 Å². The van der Waals surface area contributed by atoms with Gasteiger partial charge in [-0.25, -0.2) is 9.78 Å². The van der Waals surface area contributed by atoms with Crippen molar-refractivity contribution in [2.45, 2.75) is 83.8 Å². The number of imidazole rings is 1. The largest absolute Gasteiger partial charge is 0.457 e. The first-order valence-corrected chi connectivity index (χ1v) is 18.0. The number of fused-ring (bicyclic) bond motifs is 1. The number of anilines is 1. The van der Waals surface area contributed by atoms with E-state index in [4.69, 9.17) is 15.5 Å². The van der Waals surface area contributed by atoms with Crippen molar-refractivity contribution in [1.29, 1.82) is 0 Å². The molecule has 6 rings (SSSR count). The number of aromatic nitrogens is 2. The van der Waals surface area contributed by atoms with Crippen LogP contribution in [0.25, 0.3) is 22.4 Å². The maximum atomic E-state index is 13.1. The molecule has 1 aliphatic heterocycles. The number of amides is 3. The highest BCUT2D eigenvalue weighted by Crippen LogP contribution is 2.33. The lowest BCUT2D eigenvalue weighted by molar-refractivity contribution is -0.118. The highest BCUT2D eigenvalue weighted by atomic mass is 16.5. The summed E-state index contributed by atoms with van der Waals surface area (Å²) in [4.78, 5) is 33.0. The van der Waals surface area contributed by atoms with Crippen molar-refractivity contribution in [2.75, 3.05) is 18.9 Å². The van der Waals surface area contributed by atoms with Gasteiger partial charge < -0.3 is 30.6 Å². The molecule has 4 aromatic carbocycles. The Morgan fingerprint density at radius 2 is 1.75 bits per heavy atom. The molecule has 0 aliphatic carbocycles. The van der Waals surface area contributed by atoms with Gasteiger partial charge >= 0.3 is 6.03 Å². The topological polar surface area (TPSA) is 115 Å². The zero-order valence-electron chi connectivity index (χ0n) is 30.4. The number of piperidine rings is 1. The number of urea groups is 1. The number of aryl methyl sites for hydroxylation is 2. The average molecular weight is 687 g/mol. The number of rotatable bonds is 11. The van der Waals surface area contributed by atoms with E-state index >= 15 is 0 Å². The highest BCUT2D eigenvalue weighted by Gasteiger charge is 2.23. The number of likely N-dealkylation sites (tertiary alicyclic amines) is 1. The molecule has 0 spiro atoms. The first-order chi connectivity index (χ1) is 24.4. The molecule has 2 unspecified atom stereocenters. The van der Waals surface area contributed by atoms with Crippen molar-refractivity contribution < 1.29 is 14.3 Å². The Labute approximate surface area is 301 Å². The number of hydrogen-bond acceptors (Lipinski definition) is 5. The molecule has 3 amide bonds. The van der Waals surface area contributed by atoms with Gasteiger partial charge in [0.15, 0.2) is 0 Å². The molecule has 51 heavy (non-hydrogen) atoms. The van der Waals surface area contributed by atoms with Crippen LogP contribution in [0.5, 0.6) is 11.5 Å². The van der Waals surface area contributed by atoms with E-state index in [9.17, 15) is 9.59 Å². The molecule has 2 atom stereocenters. The van der Waals surface area contributed by atoms with Gasteiger partial charge in [-0.3, -0.25) is 4.79 Å². The predicted molar refractivity (Wildman–Crippen MR) is 205 cm³/mol. The standard InChI is InChI=1S/C42H50N6O3/c1-28-11-6-7-15-35(28)45-41(50)46-36(27-39(43)49)29-16-21-38-37(26-29)44-40(48(38)24-22-32-13-8-9-23-47(32)5)30-12-10-14-34(25-30)51-33-19-17-31(18-20-33)42(2,3)4/h6-7,10-12,14-21,25-26,32,36H,8-9,13,22-24,27H2,1-5H3,(H2,43,49)(H2,45,46,50). The van der Waals surface area contributed by atoms with Crippen molar-refractivity contribution in [3.8, 4) is 22.9 Å². The Hall–Kier alpha value is -5.15. The second-order valence-corrected chi connectivity index (χ2v) is 14.8. The lowest BCUT2D eigenvalue weighted by Crippen LogP contribution is -2.36. The summed E-state index contributed by atoms with van der Waals surface area (Å²) in [6, 6.07) is 29.3. The molecule has 1 aromatic heterocycles. The molecule has 4 N–H and O–H groups in total. The van der Waals surface area contributed by atoms with Crippen LogP contribution in [0.4, 0.5) is 10.5 Å². The third-order valence-corrected chi connectivity index (χ3v) is 9.93. The molecule has 0 radical (unpaired) electrons. The predicted octanol–water partition coefficient (Wildman–Crippen LogP) is 8.71. The summed E-state index contributed by atoms with van der Waals surface area (Å²) in [6.45, 7) is 10.4. The van der Waals surface area contributed by atoms with Crippen LogP contribution in [0, 0.1) is 6.92 Å². The summed E-state index contributed by atoms with van der Waals surface area (Å²) in [5.41, 5.74) is 12.1. The Balaban J connectivity index is 1.32. The van der Waals surface area contributed by atoms with E-state index in [1.165, 1.54) is 24.8 Å². The van der Waals surface area contributed by atoms with Crippen LogP contribution in [-0.4, -0.2) is 46.0 Å². The summed E-state index contributed by atoms with van der Waals surface area (Å²) in [5, 5.41) is 5.87. The fraction of sp³-hybridized carbons (Fsp3) is 0.357. The minimum absolute atomic E-state index is 0.0512. The second-order valence-electron chi connectivity index (χ2n) is 14.8. The minimum atomic E-state index is -0.637. The summed E-state index contributed by atoms with van der Waals surface area (Å²) in [7, 11) is 2.22. The average Bonchev–Trinajstić information content (AvgIpc) is 3.46. The molecule has 1 fully saturated rings. The third kappa shape index (κ3) is 8.78. The Morgan fingerprint density at radius 1 is 0.961 bits per heavy atom. The van der Waals surface area contributed by atoms with E-state index in [0.29, 0.717) is 11.7 Å². The van der Waals surface area contributed by atoms with Gasteiger partial charge in [-0.05, 0) is 104 Å². The number of benzene rings is 4. The van der Waals surface area contributed by atoms with Gasteiger partial charge in [0.2, 0.25) is 5.91 Å². The van der Waals surface area contributed by atoms with Crippen molar-refractivity contribution >= 4 is 28.7 Å². The third-order valence-electron chi connectivity index (χ3n) is 9.93. The van der Waals surface area contributed by atoms with Gasteiger partial charge in [0.25, 0.3) is 0 Å². The van der Waals surface area contributed by atoms with E-state index in [2.05, 4.69) is 66.1 Å². The number of hydrogen-bond donors (Lipinski definition) is 3. The molecule has 1 saturated heterocycles. The number of primary amides is 1.